The molecule has 0 aliphatic carbocycles. The van der Waals surface area contributed by atoms with Crippen LogP contribution in [-0.4, -0.2) is 27.0 Å². The predicted octanol–water partition coefficient (Wildman–Crippen LogP) is 3.85. The van der Waals surface area contributed by atoms with Gasteiger partial charge in [0, 0.05) is 5.69 Å². The molecule has 0 spiro atoms. The maximum atomic E-state index is 13.2. The van der Waals surface area contributed by atoms with E-state index in [2.05, 4.69) is 4.40 Å². The third-order valence-electron chi connectivity index (χ3n) is 2.95. The van der Waals surface area contributed by atoms with E-state index in [4.69, 9.17) is 4.74 Å². The number of anilines is 1. The molecule has 0 fully saturated rings. The first-order valence-corrected chi connectivity index (χ1v) is 8.63. The van der Waals surface area contributed by atoms with Gasteiger partial charge in [-0.3, -0.25) is 0 Å². The number of rotatable bonds is 5. The second-order valence-electron chi connectivity index (χ2n) is 4.81. The second kappa shape index (κ2) is 7.56. The molecule has 0 radical (unpaired) electrons. The molecule has 0 aliphatic rings. The maximum absolute atomic E-state index is 13.2. The molecule has 0 atom stereocenters. The minimum atomic E-state index is -4.97. The summed E-state index contributed by atoms with van der Waals surface area (Å²) >= 11 is 0. The van der Waals surface area contributed by atoms with Gasteiger partial charge >= 0.3 is 6.18 Å². The summed E-state index contributed by atoms with van der Waals surface area (Å²) in [7, 11) is -4.50. The predicted molar refractivity (Wildman–Crippen MR) is 88.4 cm³/mol. The summed E-state index contributed by atoms with van der Waals surface area (Å²) in [6, 6.07) is 12.3. The van der Waals surface area contributed by atoms with E-state index in [1.807, 2.05) is 5.32 Å². The fraction of sp³-hybridized carbons (Fsp3) is 0.188. The maximum Gasteiger partial charge on any atom is 0.450 e. The molecule has 2 aromatic rings. The number of nitrogens with zero attached hydrogens (tertiary/aromatic N) is 1. The molecule has 0 saturated heterocycles. The van der Waals surface area contributed by atoms with Gasteiger partial charge in [-0.1, -0.05) is 18.2 Å². The molecular weight excluding hydrogens is 357 g/mol. The highest BCUT2D eigenvalue weighted by Gasteiger charge is 2.38. The zero-order valence-electron chi connectivity index (χ0n) is 13.1. The van der Waals surface area contributed by atoms with Gasteiger partial charge in [0.05, 0.1) is 11.5 Å². The molecule has 1 N–H and O–H groups in total. The van der Waals surface area contributed by atoms with E-state index < -0.39 is 22.0 Å². The molecule has 9 heteroatoms. The van der Waals surface area contributed by atoms with Gasteiger partial charge in [0.15, 0.2) is 0 Å². The van der Waals surface area contributed by atoms with Gasteiger partial charge in [-0.2, -0.15) is 21.6 Å². The van der Waals surface area contributed by atoms with E-state index in [0.29, 0.717) is 12.4 Å². The lowest BCUT2D eigenvalue weighted by molar-refractivity contribution is -0.0585. The minimum absolute atomic E-state index is 0.0304. The molecule has 2 rings (SSSR count). The van der Waals surface area contributed by atoms with E-state index in [-0.39, 0.29) is 10.6 Å². The van der Waals surface area contributed by atoms with Gasteiger partial charge in [0.25, 0.3) is 10.0 Å². The molecule has 0 aliphatic heterocycles. The fourth-order valence-electron chi connectivity index (χ4n) is 1.85. The number of ether oxygens (including phenoxy) is 1. The van der Waals surface area contributed by atoms with Crippen LogP contribution in [0, 0.1) is 0 Å². The van der Waals surface area contributed by atoms with E-state index in [9.17, 15) is 21.6 Å². The van der Waals surface area contributed by atoms with Gasteiger partial charge in [0.1, 0.15) is 5.75 Å². The Hall–Kier alpha value is -2.55. The van der Waals surface area contributed by atoms with Crippen LogP contribution in [0.15, 0.2) is 63.9 Å². The normalized spacial score (nSPS) is 12.7. The van der Waals surface area contributed by atoms with Gasteiger partial charge in [0.2, 0.25) is 5.84 Å². The fourth-order valence-corrected chi connectivity index (χ4v) is 2.84. The lowest BCUT2D eigenvalue weighted by atomic mass is 10.3. The van der Waals surface area contributed by atoms with E-state index in [1.54, 1.807) is 13.0 Å². The summed E-state index contributed by atoms with van der Waals surface area (Å²) in [5.74, 6) is -1.14. The van der Waals surface area contributed by atoms with Crippen LogP contribution >= 0.6 is 0 Å². The van der Waals surface area contributed by atoms with Crippen LogP contribution in [0.4, 0.5) is 18.9 Å². The first-order valence-electron chi connectivity index (χ1n) is 7.19. The number of nitrogens with one attached hydrogen (secondary N) is 1. The molecule has 0 saturated carbocycles. The Bertz CT molecular complexity index is 833. The third-order valence-corrected chi connectivity index (χ3v) is 4.24. The molecule has 25 heavy (non-hydrogen) atoms. The second-order valence-corrected chi connectivity index (χ2v) is 6.41. The topological polar surface area (TPSA) is 67.8 Å². The molecule has 0 bridgehead atoms. The number of hydrogen-bond acceptors (Lipinski definition) is 3. The van der Waals surface area contributed by atoms with Crippen LogP contribution < -0.4 is 10.1 Å². The Labute approximate surface area is 143 Å². The van der Waals surface area contributed by atoms with Crippen LogP contribution in [0.3, 0.4) is 0 Å². The van der Waals surface area contributed by atoms with Gasteiger partial charge in [-0.25, -0.2) is 0 Å². The summed E-state index contributed by atoms with van der Waals surface area (Å²) < 4.78 is 71.8. The number of halogens is 3. The smallest absolute Gasteiger partial charge is 0.450 e. The van der Waals surface area contributed by atoms with Crippen molar-refractivity contribution in [3.63, 3.8) is 0 Å². The van der Waals surface area contributed by atoms with E-state index >= 15 is 0 Å². The quantitative estimate of drug-likeness (QED) is 0.640. The molecule has 134 valence electrons. The lowest BCUT2D eigenvalue weighted by Gasteiger charge is -2.13. The summed E-state index contributed by atoms with van der Waals surface area (Å²) in [5.41, 5.74) is 0.0304. The summed E-state index contributed by atoms with van der Waals surface area (Å²) in [5, 5.41) is 2.00. The van der Waals surface area contributed by atoms with Crippen LogP contribution in [0.2, 0.25) is 0 Å². The van der Waals surface area contributed by atoms with Crippen molar-refractivity contribution in [1.82, 2.24) is 0 Å². The van der Waals surface area contributed by atoms with Crippen molar-refractivity contribution in [2.75, 3.05) is 11.9 Å². The van der Waals surface area contributed by atoms with Crippen LogP contribution in [0.5, 0.6) is 5.75 Å². The third kappa shape index (κ3) is 5.21. The summed E-state index contributed by atoms with van der Waals surface area (Å²) in [6.45, 7) is 2.19. The van der Waals surface area contributed by atoms with Crippen molar-refractivity contribution < 1.29 is 26.3 Å². The number of sulfonamides is 1. The number of amidine groups is 1. The van der Waals surface area contributed by atoms with Gasteiger partial charge in [-0.05, 0) is 43.3 Å². The van der Waals surface area contributed by atoms with E-state index in [1.165, 1.54) is 48.5 Å². The SMILES string of the molecule is CCOc1ccc(N/C(=N\S(=O)(=O)c2ccccc2)C(F)(F)F)cc1. The molecule has 5 nitrogen and oxygen atoms in total. The zero-order valence-corrected chi connectivity index (χ0v) is 13.9. The first-order chi connectivity index (χ1) is 11.7. The Morgan fingerprint density at radius 3 is 2.20 bits per heavy atom. The Morgan fingerprint density at radius 1 is 1.08 bits per heavy atom. The van der Waals surface area contributed by atoms with Crippen molar-refractivity contribution in [3.05, 3.63) is 54.6 Å². The van der Waals surface area contributed by atoms with E-state index in [0.717, 1.165) is 0 Å². The largest absolute Gasteiger partial charge is 0.494 e. The molecule has 0 amide bonds. The van der Waals surface area contributed by atoms with Crippen molar-refractivity contribution in [2.24, 2.45) is 4.40 Å². The highest BCUT2D eigenvalue weighted by atomic mass is 32.2. The molecular formula is C16H15F3N2O3S. The van der Waals surface area contributed by atoms with Gasteiger partial charge < -0.3 is 10.1 Å². The monoisotopic (exact) mass is 372 g/mol. The zero-order chi connectivity index (χ0) is 18.5. The average Bonchev–Trinajstić information content (AvgIpc) is 2.56. The van der Waals surface area contributed by atoms with Crippen LogP contribution in [-0.2, 0) is 10.0 Å². The van der Waals surface area contributed by atoms with Crippen molar-refractivity contribution in [2.45, 2.75) is 18.0 Å². The average molecular weight is 372 g/mol. The first kappa shape index (κ1) is 18.8. The Balaban J connectivity index is 2.34. The number of hydrogen-bond donors (Lipinski definition) is 1. The summed E-state index contributed by atoms with van der Waals surface area (Å²) in [6.07, 6.45) is -4.97. The lowest BCUT2D eigenvalue weighted by Crippen LogP contribution is -2.31. The van der Waals surface area contributed by atoms with Crippen LogP contribution in [0.25, 0.3) is 0 Å². The van der Waals surface area contributed by atoms with Crippen LogP contribution in [0.1, 0.15) is 6.92 Å². The van der Waals surface area contributed by atoms with Crippen molar-refractivity contribution in [1.29, 1.82) is 0 Å². The Morgan fingerprint density at radius 2 is 1.68 bits per heavy atom. The standard InChI is InChI=1S/C16H15F3N2O3S/c1-2-24-13-10-8-12(9-11-13)20-15(16(17,18)19)21-25(22,23)14-6-4-3-5-7-14/h3-11H,2H2,1H3,(H,20,21). The minimum Gasteiger partial charge on any atom is -0.494 e. The highest BCUT2D eigenvalue weighted by Crippen LogP contribution is 2.23. The number of benzene rings is 2. The molecule has 0 aromatic heterocycles. The Kier molecular flexibility index (Phi) is 5.68. The molecule has 0 unspecified atom stereocenters. The van der Waals surface area contributed by atoms with Crippen molar-refractivity contribution >= 4 is 21.5 Å². The van der Waals surface area contributed by atoms with Crippen molar-refractivity contribution in [3.8, 4) is 5.75 Å². The summed E-state index contributed by atoms with van der Waals surface area (Å²) in [4.78, 5) is -0.328. The molecule has 2 aromatic carbocycles. The highest BCUT2D eigenvalue weighted by molar-refractivity contribution is 7.90. The molecule has 0 heterocycles. The van der Waals surface area contributed by atoms with Gasteiger partial charge in [-0.15, -0.1) is 4.40 Å². The number of alkyl halides is 3.